The van der Waals surface area contributed by atoms with Crippen LogP contribution in [0.1, 0.15) is 64.2 Å². The molecule has 0 aliphatic heterocycles. The van der Waals surface area contributed by atoms with Crippen molar-refractivity contribution in [2.75, 3.05) is 0 Å². The van der Waals surface area contributed by atoms with Gasteiger partial charge in [0.05, 0.1) is 0 Å². The second kappa shape index (κ2) is 5.26. The van der Waals surface area contributed by atoms with Gasteiger partial charge in [-0.3, -0.25) is 0 Å². The molecule has 0 saturated heterocycles. The Balaban J connectivity index is 1.85. The van der Waals surface area contributed by atoms with Crippen LogP contribution in [0, 0.1) is 0 Å². The summed E-state index contributed by atoms with van der Waals surface area (Å²) in [4.78, 5) is 0. The van der Waals surface area contributed by atoms with Crippen molar-refractivity contribution in [3.63, 3.8) is 0 Å². The van der Waals surface area contributed by atoms with Crippen molar-refractivity contribution in [1.82, 2.24) is 0 Å². The molecular formula is C12H22OP+. The first-order chi connectivity index (χ1) is 6.88. The molecule has 0 spiro atoms. The van der Waals surface area contributed by atoms with Crippen LogP contribution in [0.25, 0.3) is 0 Å². The molecule has 0 radical (unpaired) electrons. The maximum Gasteiger partial charge on any atom is 0.344 e. The largest absolute Gasteiger partial charge is 0.344 e. The summed E-state index contributed by atoms with van der Waals surface area (Å²) in [7, 11) is -0.867. The minimum atomic E-state index is -0.867. The molecule has 0 atom stereocenters. The zero-order chi connectivity index (χ0) is 9.80. The lowest BCUT2D eigenvalue weighted by atomic mass is 10.00. The van der Waals surface area contributed by atoms with Gasteiger partial charge in [0.15, 0.2) is 11.3 Å². The highest BCUT2D eigenvalue weighted by atomic mass is 31.1. The van der Waals surface area contributed by atoms with E-state index in [9.17, 15) is 4.57 Å². The molecule has 2 aliphatic carbocycles. The summed E-state index contributed by atoms with van der Waals surface area (Å²) >= 11 is 0. The molecule has 2 saturated carbocycles. The Morgan fingerprint density at radius 1 is 0.643 bits per heavy atom. The predicted molar refractivity (Wildman–Crippen MR) is 61.4 cm³/mol. The lowest BCUT2D eigenvalue weighted by Gasteiger charge is -2.19. The maximum absolute atomic E-state index is 12.3. The molecule has 2 rings (SSSR count). The van der Waals surface area contributed by atoms with Gasteiger partial charge in [0.25, 0.3) is 0 Å². The van der Waals surface area contributed by atoms with Crippen LogP contribution in [0.2, 0.25) is 0 Å². The van der Waals surface area contributed by atoms with E-state index >= 15 is 0 Å². The van der Waals surface area contributed by atoms with Crippen LogP contribution in [0.15, 0.2) is 0 Å². The highest BCUT2D eigenvalue weighted by Gasteiger charge is 2.39. The van der Waals surface area contributed by atoms with Crippen LogP contribution >= 0.6 is 7.80 Å². The van der Waals surface area contributed by atoms with E-state index in [1.54, 1.807) is 0 Å². The van der Waals surface area contributed by atoms with E-state index in [4.69, 9.17) is 0 Å². The zero-order valence-corrected chi connectivity index (χ0v) is 9.98. The predicted octanol–water partition coefficient (Wildman–Crippen LogP) is 4.48. The first kappa shape index (κ1) is 10.6. The molecule has 0 unspecified atom stereocenters. The maximum atomic E-state index is 12.3. The van der Waals surface area contributed by atoms with Gasteiger partial charge in [-0.25, -0.2) is 0 Å². The van der Waals surface area contributed by atoms with Gasteiger partial charge >= 0.3 is 7.80 Å². The van der Waals surface area contributed by atoms with E-state index in [-0.39, 0.29) is 0 Å². The minimum absolute atomic E-state index is 0.599. The molecule has 0 amide bonds. The van der Waals surface area contributed by atoms with Gasteiger partial charge in [0.2, 0.25) is 0 Å². The van der Waals surface area contributed by atoms with Crippen LogP contribution in [0.3, 0.4) is 0 Å². The van der Waals surface area contributed by atoms with Crippen molar-refractivity contribution in [3.8, 4) is 0 Å². The third-order valence-electron chi connectivity index (χ3n) is 3.87. The Kier molecular flexibility index (Phi) is 3.99. The molecule has 14 heavy (non-hydrogen) atoms. The summed E-state index contributed by atoms with van der Waals surface area (Å²) in [5.74, 6) is 0. The van der Waals surface area contributed by atoms with Gasteiger partial charge in [-0.1, -0.05) is 17.4 Å². The fraction of sp³-hybridized carbons (Fsp3) is 1.00. The fourth-order valence-electron chi connectivity index (χ4n) is 2.97. The molecule has 0 bridgehead atoms. The van der Waals surface area contributed by atoms with E-state index in [0.717, 1.165) is 0 Å². The van der Waals surface area contributed by atoms with E-state index < -0.39 is 7.80 Å². The van der Waals surface area contributed by atoms with Crippen molar-refractivity contribution in [2.24, 2.45) is 0 Å². The van der Waals surface area contributed by atoms with E-state index in [2.05, 4.69) is 0 Å². The second-order valence-electron chi connectivity index (χ2n) is 4.94. The van der Waals surface area contributed by atoms with Crippen LogP contribution in [-0.4, -0.2) is 11.3 Å². The summed E-state index contributed by atoms with van der Waals surface area (Å²) in [6.45, 7) is 0. The molecular weight excluding hydrogens is 191 g/mol. The Morgan fingerprint density at radius 3 is 1.36 bits per heavy atom. The third-order valence-corrected chi connectivity index (χ3v) is 6.34. The molecule has 0 aromatic carbocycles. The van der Waals surface area contributed by atoms with Gasteiger partial charge in [0, 0.05) is 0 Å². The summed E-state index contributed by atoms with van der Waals surface area (Å²) in [6.07, 6.45) is 13.1. The quantitative estimate of drug-likeness (QED) is 0.618. The van der Waals surface area contributed by atoms with Gasteiger partial charge in [0.1, 0.15) is 0 Å². The van der Waals surface area contributed by atoms with Crippen LogP contribution in [0.5, 0.6) is 0 Å². The van der Waals surface area contributed by atoms with Crippen LogP contribution in [-0.2, 0) is 4.57 Å². The van der Waals surface area contributed by atoms with Gasteiger partial charge in [-0.05, 0) is 51.4 Å². The molecule has 80 valence electrons. The summed E-state index contributed by atoms with van der Waals surface area (Å²) < 4.78 is 12.3. The lowest BCUT2D eigenvalue weighted by molar-refractivity contribution is 0.459. The normalized spacial score (nSPS) is 26.3. The topological polar surface area (TPSA) is 17.1 Å². The average Bonchev–Trinajstić information content (AvgIpc) is 2.30. The monoisotopic (exact) mass is 213 g/mol. The molecule has 0 aromatic rings. The Hall–Kier alpha value is 0.100. The number of hydrogen-bond acceptors (Lipinski definition) is 1. The first-order valence-corrected chi connectivity index (χ1v) is 7.73. The first-order valence-electron chi connectivity index (χ1n) is 6.33. The highest BCUT2D eigenvalue weighted by Crippen LogP contribution is 2.46. The Morgan fingerprint density at radius 2 is 1.00 bits per heavy atom. The van der Waals surface area contributed by atoms with Crippen LogP contribution < -0.4 is 0 Å². The van der Waals surface area contributed by atoms with Crippen LogP contribution in [0.4, 0.5) is 0 Å². The minimum Gasteiger partial charge on any atom is -0.0742 e. The van der Waals surface area contributed by atoms with Crippen molar-refractivity contribution >= 4 is 7.80 Å². The van der Waals surface area contributed by atoms with Gasteiger partial charge in [-0.15, -0.1) is 0 Å². The van der Waals surface area contributed by atoms with E-state index in [1.807, 2.05) is 0 Å². The molecule has 0 aromatic heterocycles. The Labute approximate surface area is 88.4 Å². The van der Waals surface area contributed by atoms with E-state index in [1.165, 1.54) is 64.2 Å². The van der Waals surface area contributed by atoms with E-state index in [0.29, 0.717) is 11.3 Å². The molecule has 2 heteroatoms. The molecule has 2 fully saturated rings. The standard InChI is InChI=1S/C12H22OP/c13-14(11-7-3-1-4-8-11)12-9-5-2-6-10-12/h11-12H,1-10H2/q+1. The number of hydrogen-bond donors (Lipinski definition) is 0. The summed E-state index contributed by atoms with van der Waals surface area (Å²) in [5.41, 5.74) is 1.20. The van der Waals surface area contributed by atoms with Crippen molar-refractivity contribution in [3.05, 3.63) is 0 Å². The molecule has 2 aliphatic rings. The highest BCUT2D eigenvalue weighted by molar-refractivity contribution is 7.46. The zero-order valence-electron chi connectivity index (χ0n) is 9.08. The summed E-state index contributed by atoms with van der Waals surface area (Å²) in [6, 6.07) is 0. The smallest absolute Gasteiger partial charge is 0.0742 e. The third kappa shape index (κ3) is 2.57. The molecule has 1 nitrogen and oxygen atoms in total. The molecule has 0 N–H and O–H groups in total. The van der Waals surface area contributed by atoms with Crippen molar-refractivity contribution < 1.29 is 4.57 Å². The van der Waals surface area contributed by atoms with Gasteiger partial charge < -0.3 is 0 Å². The van der Waals surface area contributed by atoms with Crippen molar-refractivity contribution in [2.45, 2.75) is 75.5 Å². The number of rotatable bonds is 2. The second-order valence-corrected chi connectivity index (χ2v) is 7.12. The average molecular weight is 213 g/mol. The van der Waals surface area contributed by atoms with Crippen molar-refractivity contribution in [1.29, 1.82) is 0 Å². The lowest BCUT2D eigenvalue weighted by Crippen LogP contribution is -2.16. The van der Waals surface area contributed by atoms with Gasteiger partial charge in [-0.2, -0.15) is 0 Å². The Bertz CT molecular complexity index is 170. The molecule has 0 heterocycles. The summed E-state index contributed by atoms with van der Waals surface area (Å²) in [5, 5.41) is 0. The fourth-order valence-corrected chi connectivity index (χ4v) is 5.31. The SMILES string of the molecule is O=[P+](C1CCCCC1)C1CCCCC1.